The fourth-order valence-electron chi connectivity index (χ4n) is 2.37. The summed E-state index contributed by atoms with van der Waals surface area (Å²) < 4.78 is 31.7. The van der Waals surface area contributed by atoms with Crippen LogP contribution in [0.2, 0.25) is 0 Å². The van der Waals surface area contributed by atoms with Gasteiger partial charge in [-0.05, 0) is 45.0 Å². The zero-order chi connectivity index (χ0) is 20.4. The van der Waals surface area contributed by atoms with Gasteiger partial charge in [-0.25, -0.2) is 13.6 Å². The van der Waals surface area contributed by atoms with Crippen molar-refractivity contribution in [1.82, 2.24) is 4.90 Å². The molecule has 144 valence electrons. The first-order valence-corrected chi connectivity index (χ1v) is 7.90. The maximum Gasteiger partial charge on any atom is 0.408 e. The molecule has 0 heterocycles. The molecule has 0 saturated carbocycles. The minimum atomic E-state index is -1.23. The van der Waals surface area contributed by atoms with Crippen molar-refractivity contribution < 1.29 is 28.3 Å². The number of ether oxygens (including phenoxy) is 1. The molecule has 2 aromatic carbocycles. The number of nitro groups is 1. The molecule has 0 bridgehead atoms. The van der Waals surface area contributed by atoms with Crippen LogP contribution >= 0.6 is 0 Å². The lowest BCUT2D eigenvalue weighted by Crippen LogP contribution is -2.44. The lowest BCUT2D eigenvalue weighted by Gasteiger charge is -2.33. The van der Waals surface area contributed by atoms with Crippen LogP contribution < -0.4 is 4.74 Å². The largest absolute Gasteiger partial charge is 0.465 e. The number of hydrogen-bond donors (Lipinski definition) is 1. The lowest BCUT2D eigenvalue weighted by molar-refractivity contribution is -0.385. The highest BCUT2D eigenvalue weighted by atomic mass is 19.2. The van der Waals surface area contributed by atoms with Crippen LogP contribution in [0.15, 0.2) is 36.4 Å². The molecule has 2 rings (SSSR count). The minimum Gasteiger partial charge on any atom is -0.465 e. The number of hydrogen-bond acceptors (Lipinski definition) is 4. The van der Waals surface area contributed by atoms with Crippen molar-refractivity contribution >= 4 is 11.8 Å². The van der Waals surface area contributed by atoms with Crippen LogP contribution in [0.25, 0.3) is 0 Å². The van der Waals surface area contributed by atoms with Gasteiger partial charge < -0.3 is 9.84 Å². The third kappa shape index (κ3) is 4.90. The van der Waals surface area contributed by atoms with Crippen molar-refractivity contribution in [2.75, 3.05) is 0 Å². The SMILES string of the molecule is CC(C)(C)N(Cc1cc(Oc2ccc(F)c(F)c2)ccc1[N+](=O)[O-])C(=O)O. The summed E-state index contributed by atoms with van der Waals surface area (Å²) >= 11 is 0. The van der Waals surface area contributed by atoms with Gasteiger partial charge in [-0.1, -0.05) is 0 Å². The highest BCUT2D eigenvalue weighted by Crippen LogP contribution is 2.30. The van der Waals surface area contributed by atoms with Crippen molar-refractivity contribution in [3.05, 3.63) is 63.7 Å². The molecule has 0 aliphatic heterocycles. The van der Waals surface area contributed by atoms with Crippen molar-refractivity contribution in [3.8, 4) is 11.5 Å². The normalized spacial score (nSPS) is 11.1. The first-order chi connectivity index (χ1) is 12.5. The Morgan fingerprint density at radius 3 is 2.26 bits per heavy atom. The smallest absolute Gasteiger partial charge is 0.408 e. The molecule has 7 nitrogen and oxygen atoms in total. The second kappa shape index (κ2) is 7.56. The molecule has 0 aliphatic carbocycles. The predicted octanol–water partition coefficient (Wildman–Crippen LogP) is 4.94. The molecular formula is C18H18F2N2O5. The second-order valence-electron chi connectivity index (χ2n) is 6.77. The van der Waals surface area contributed by atoms with E-state index in [-0.39, 0.29) is 29.3 Å². The van der Waals surface area contributed by atoms with Gasteiger partial charge in [-0.3, -0.25) is 15.0 Å². The van der Waals surface area contributed by atoms with E-state index in [0.29, 0.717) is 0 Å². The van der Waals surface area contributed by atoms with Crippen LogP contribution in [0.1, 0.15) is 26.3 Å². The van der Waals surface area contributed by atoms with Crippen LogP contribution in [0.5, 0.6) is 11.5 Å². The maximum absolute atomic E-state index is 13.3. The molecule has 9 heteroatoms. The molecule has 0 fully saturated rings. The van der Waals surface area contributed by atoms with Crippen molar-refractivity contribution in [2.24, 2.45) is 0 Å². The van der Waals surface area contributed by atoms with E-state index in [1.54, 1.807) is 20.8 Å². The average Bonchev–Trinajstić information content (AvgIpc) is 2.54. The number of benzene rings is 2. The highest BCUT2D eigenvalue weighted by Gasteiger charge is 2.29. The Labute approximate surface area is 153 Å². The number of nitrogens with zero attached hydrogens (tertiary/aromatic N) is 2. The number of rotatable bonds is 5. The first kappa shape index (κ1) is 20.1. The molecular weight excluding hydrogens is 362 g/mol. The zero-order valence-corrected chi connectivity index (χ0v) is 14.9. The molecule has 0 atom stereocenters. The molecule has 0 aromatic heterocycles. The quantitative estimate of drug-likeness (QED) is 0.585. The fraction of sp³-hybridized carbons (Fsp3) is 0.278. The van der Waals surface area contributed by atoms with E-state index in [1.165, 1.54) is 24.3 Å². The topological polar surface area (TPSA) is 92.9 Å². The van der Waals surface area contributed by atoms with E-state index in [1.807, 2.05) is 0 Å². The van der Waals surface area contributed by atoms with E-state index >= 15 is 0 Å². The molecule has 0 aliphatic rings. The lowest BCUT2D eigenvalue weighted by atomic mass is 10.0. The summed E-state index contributed by atoms with van der Waals surface area (Å²) in [6, 6.07) is 6.72. The third-order valence-electron chi connectivity index (χ3n) is 3.74. The Hall–Kier alpha value is -3.23. The summed E-state index contributed by atoms with van der Waals surface area (Å²) in [6.45, 7) is 4.74. The van der Waals surface area contributed by atoms with E-state index in [0.717, 1.165) is 17.0 Å². The van der Waals surface area contributed by atoms with Crippen molar-refractivity contribution in [1.29, 1.82) is 0 Å². The van der Waals surface area contributed by atoms with E-state index in [9.17, 15) is 28.8 Å². The second-order valence-corrected chi connectivity index (χ2v) is 6.77. The van der Waals surface area contributed by atoms with Crippen LogP contribution in [-0.2, 0) is 6.54 Å². The summed E-state index contributed by atoms with van der Waals surface area (Å²) in [7, 11) is 0. The molecule has 1 N–H and O–H groups in total. The Morgan fingerprint density at radius 2 is 1.74 bits per heavy atom. The summed E-state index contributed by atoms with van der Waals surface area (Å²) in [5, 5.41) is 20.7. The van der Waals surface area contributed by atoms with Gasteiger partial charge in [0, 0.05) is 17.7 Å². The summed E-state index contributed by atoms with van der Waals surface area (Å²) in [6.07, 6.45) is -1.23. The van der Waals surface area contributed by atoms with Gasteiger partial charge in [0.1, 0.15) is 11.5 Å². The van der Waals surface area contributed by atoms with E-state index in [4.69, 9.17) is 4.74 Å². The van der Waals surface area contributed by atoms with Gasteiger partial charge in [0.25, 0.3) is 5.69 Å². The molecule has 27 heavy (non-hydrogen) atoms. The molecule has 1 amide bonds. The third-order valence-corrected chi connectivity index (χ3v) is 3.74. The molecule has 0 radical (unpaired) electrons. The summed E-state index contributed by atoms with van der Waals surface area (Å²) in [5.74, 6) is -2.01. The summed E-state index contributed by atoms with van der Waals surface area (Å²) in [5.41, 5.74) is -0.961. The first-order valence-electron chi connectivity index (χ1n) is 7.90. The van der Waals surface area contributed by atoms with Gasteiger partial charge in [-0.2, -0.15) is 0 Å². The van der Waals surface area contributed by atoms with E-state index in [2.05, 4.69) is 0 Å². The highest BCUT2D eigenvalue weighted by molar-refractivity contribution is 5.66. The van der Waals surface area contributed by atoms with Gasteiger partial charge in [0.15, 0.2) is 11.6 Å². The molecule has 0 unspecified atom stereocenters. The summed E-state index contributed by atoms with van der Waals surface area (Å²) in [4.78, 5) is 23.2. The molecule has 0 spiro atoms. The van der Waals surface area contributed by atoms with Crippen LogP contribution in [-0.4, -0.2) is 26.6 Å². The maximum atomic E-state index is 13.3. The number of carbonyl (C=O) groups is 1. The fourth-order valence-corrected chi connectivity index (χ4v) is 2.37. The molecule has 2 aromatic rings. The minimum absolute atomic E-state index is 0.000356. The Morgan fingerprint density at radius 1 is 1.15 bits per heavy atom. The monoisotopic (exact) mass is 380 g/mol. The van der Waals surface area contributed by atoms with Crippen LogP contribution in [0.4, 0.5) is 19.3 Å². The van der Waals surface area contributed by atoms with Gasteiger partial charge in [-0.15, -0.1) is 0 Å². The average molecular weight is 380 g/mol. The Bertz CT molecular complexity index is 881. The van der Waals surface area contributed by atoms with Crippen molar-refractivity contribution in [2.45, 2.75) is 32.9 Å². The van der Waals surface area contributed by atoms with Gasteiger partial charge in [0.2, 0.25) is 0 Å². The Balaban J connectivity index is 2.39. The Kier molecular flexibility index (Phi) is 5.63. The number of carboxylic acid groups (broad SMARTS) is 1. The van der Waals surface area contributed by atoms with E-state index < -0.39 is 28.2 Å². The van der Waals surface area contributed by atoms with Crippen LogP contribution in [0.3, 0.4) is 0 Å². The van der Waals surface area contributed by atoms with Crippen LogP contribution in [0, 0.1) is 21.7 Å². The van der Waals surface area contributed by atoms with Gasteiger partial charge >= 0.3 is 6.09 Å². The number of halogens is 2. The zero-order valence-electron chi connectivity index (χ0n) is 14.9. The van der Waals surface area contributed by atoms with Crippen molar-refractivity contribution in [3.63, 3.8) is 0 Å². The van der Waals surface area contributed by atoms with Gasteiger partial charge in [0.05, 0.1) is 17.0 Å². The number of nitro benzene ring substituents is 1. The standard InChI is InChI=1S/C18H18F2N2O5/c1-18(2,3)21(17(23)24)10-11-8-12(5-7-16(11)22(25)26)27-13-4-6-14(19)15(20)9-13/h4-9H,10H2,1-3H3,(H,23,24). The molecule has 0 saturated heterocycles. The predicted molar refractivity (Wildman–Crippen MR) is 92.8 cm³/mol. The number of amides is 1.